The summed E-state index contributed by atoms with van der Waals surface area (Å²) in [5.74, 6) is 0.105. The lowest BCUT2D eigenvalue weighted by atomic mass is 10.2. The van der Waals surface area contributed by atoms with Crippen LogP contribution in [0.1, 0.15) is 18.9 Å². The number of hydrogen-bond donors (Lipinski definition) is 1. The van der Waals surface area contributed by atoms with Crippen LogP contribution in [0.3, 0.4) is 0 Å². The van der Waals surface area contributed by atoms with Gasteiger partial charge in [0.25, 0.3) is 0 Å². The molecule has 0 aliphatic rings. The van der Waals surface area contributed by atoms with Gasteiger partial charge in [0.2, 0.25) is 5.91 Å². The van der Waals surface area contributed by atoms with Gasteiger partial charge in [-0.05, 0) is 35.7 Å². The average molecular weight is 209 g/mol. The highest BCUT2D eigenvalue weighted by atomic mass is 32.1. The predicted molar refractivity (Wildman–Crippen MR) is 60.5 cm³/mol. The van der Waals surface area contributed by atoms with Crippen LogP contribution in [0.5, 0.6) is 0 Å². The molecule has 0 aliphatic carbocycles. The molecule has 14 heavy (non-hydrogen) atoms. The van der Waals surface area contributed by atoms with Crippen molar-refractivity contribution >= 4 is 17.2 Å². The van der Waals surface area contributed by atoms with Gasteiger partial charge >= 0.3 is 0 Å². The molecule has 1 aromatic heterocycles. The van der Waals surface area contributed by atoms with Crippen LogP contribution >= 0.6 is 11.3 Å². The van der Waals surface area contributed by atoms with Crippen molar-refractivity contribution in [3.63, 3.8) is 0 Å². The summed E-state index contributed by atoms with van der Waals surface area (Å²) in [7, 11) is 0. The molecule has 1 heterocycles. The summed E-state index contributed by atoms with van der Waals surface area (Å²) in [5, 5.41) is 6.86. The maximum Gasteiger partial charge on any atom is 0.224 e. The lowest BCUT2D eigenvalue weighted by Gasteiger charge is -2.01. The highest BCUT2D eigenvalue weighted by Crippen LogP contribution is 2.06. The Bertz CT molecular complexity index is 290. The minimum absolute atomic E-state index is 0.105. The molecule has 0 radical (unpaired) electrons. The van der Waals surface area contributed by atoms with Crippen molar-refractivity contribution in [2.75, 3.05) is 6.54 Å². The molecule has 76 valence electrons. The molecule has 3 heteroatoms. The SMILES string of the molecule is C/C=C/CCNC(=O)Cc1ccsc1. The van der Waals surface area contributed by atoms with Gasteiger partial charge in [-0.15, -0.1) is 0 Å². The predicted octanol–water partition coefficient (Wildman–Crippen LogP) is 2.37. The van der Waals surface area contributed by atoms with Crippen molar-refractivity contribution in [1.29, 1.82) is 0 Å². The number of amides is 1. The van der Waals surface area contributed by atoms with E-state index in [9.17, 15) is 4.79 Å². The van der Waals surface area contributed by atoms with Crippen molar-refractivity contribution in [2.24, 2.45) is 0 Å². The van der Waals surface area contributed by atoms with Gasteiger partial charge in [-0.2, -0.15) is 11.3 Å². The minimum atomic E-state index is 0.105. The molecule has 1 rings (SSSR count). The zero-order chi connectivity index (χ0) is 10.2. The van der Waals surface area contributed by atoms with E-state index in [1.54, 1.807) is 11.3 Å². The van der Waals surface area contributed by atoms with E-state index in [4.69, 9.17) is 0 Å². The third-order valence-corrected chi connectivity index (χ3v) is 2.55. The fraction of sp³-hybridized carbons (Fsp3) is 0.364. The monoisotopic (exact) mass is 209 g/mol. The first kappa shape index (κ1) is 11.0. The van der Waals surface area contributed by atoms with E-state index in [-0.39, 0.29) is 5.91 Å². The smallest absolute Gasteiger partial charge is 0.224 e. The van der Waals surface area contributed by atoms with Crippen molar-refractivity contribution < 1.29 is 4.79 Å². The highest BCUT2D eigenvalue weighted by molar-refractivity contribution is 7.07. The summed E-state index contributed by atoms with van der Waals surface area (Å²) in [6.45, 7) is 2.71. The van der Waals surface area contributed by atoms with E-state index < -0.39 is 0 Å². The summed E-state index contributed by atoms with van der Waals surface area (Å²) < 4.78 is 0. The maximum absolute atomic E-state index is 11.3. The molecule has 1 amide bonds. The molecule has 0 saturated carbocycles. The van der Waals surface area contributed by atoms with Gasteiger partial charge in [0, 0.05) is 6.54 Å². The number of allylic oxidation sites excluding steroid dienone is 1. The maximum atomic E-state index is 11.3. The van der Waals surface area contributed by atoms with Gasteiger partial charge in [0.1, 0.15) is 0 Å². The summed E-state index contributed by atoms with van der Waals surface area (Å²) in [6, 6.07) is 1.98. The van der Waals surface area contributed by atoms with Crippen molar-refractivity contribution in [2.45, 2.75) is 19.8 Å². The van der Waals surface area contributed by atoms with Crippen LogP contribution in [0.25, 0.3) is 0 Å². The number of nitrogens with one attached hydrogen (secondary N) is 1. The topological polar surface area (TPSA) is 29.1 Å². The van der Waals surface area contributed by atoms with Crippen LogP contribution in [-0.4, -0.2) is 12.5 Å². The Hall–Kier alpha value is -1.09. The number of carbonyl (C=O) groups excluding carboxylic acids is 1. The molecule has 0 bridgehead atoms. The molecule has 1 aromatic rings. The second kappa shape index (κ2) is 6.38. The van der Waals surface area contributed by atoms with E-state index in [0.717, 1.165) is 18.5 Å². The van der Waals surface area contributed by atoms with Crippen LogP contribution in [0, 0.1) is 0 Å². The van der Waals surface area contributed by atoms with E-state index in [0.29, 0.717) is 6.42 Å². The van der Waals surface area contributed by atoms with Crippen molar-refractivity contribution in [1.82, 2.24) is 5.32 Å². The minimum Gasteiger partial charge on any atom is -0.356 e. The highest BCUT2D eigenvalue weighted by Gasteiger charge is 2.01. The van der Waals surface area contributed by atoms with Crippen LogP contribution in [0.2, 0.25) is 0 Å². The molecular weight excluding hydrogens is 194 g/mol. The third kappa shape index (κ3) is 4.23. The Kier molecular flexibility index (Phi) is 5.00. The van der Waals surface area contributed by atoms with Crippen molar-refractivity contribution in [3.05, 3.63) is 34.5 Å². The second-order valence-corrected chi connectivity index (χ2v) is 3.80. The van der Waals surface area contributed by atoms with E-state index in [2.05, 4.69) is 5.32 Å². The van der Waals surface area contributed by atoms with Gasteiger partial charge in [0.15, 0.2) is 0 Å². The van der Waals surface area contributed by atoms with Crippen LogP contribution < -0.4 is 5.32 Å². The molecule has 0 atom stereocenters. The van der Waals surface area contributed by atoms with Gasteiger partial charge in [-0.1, -0.05) is 12.2 Å². The molecule has 0 aliphatic heterocycles. The Labute approximate surface area is 88.6 Å². The molecular formula is C11H15NOS. The summed E-state index contributed by atoms with van der Waals surface area (Å²) in [5.41, 5.74) is 1.10. The molecule has 0 saturated heterocycles. The molecule has 0 fully saturated rings. The molecule has 0 unspecified atom stereocenters. The second-order valence-electron chi connectivity index (χ2n) is 3.02. The molecule has 1 N–H and O–H groups in total. The number of thiophene rings is 1. The molecule has 0 spiro atoms. The van der Waals surface area contributed by atoms with Gasteiger partial charge in [-0.3, -0.25) is 4.79 Å². The van der Waals surface area contributed by atoms with Crippen LogP contribution in [0.4, 0.5) is 0 Å². The molecule has 2 nitrogen and oxygen atoms in total. The number of hydrogen-bond acceptors (Lipinski definition) is 2. The third-order valence-electron chi connectivity index (χ3n) is 1.81. The Balaban J connectivity index is 2.17. The zero-order valence-corrected chi connectivity index (χ0v) is 9.14. The standard InChI is InChI=1S/C11H15NOS/c1-2-3-4-6-12-11(13)8-10-5-7-14-9-10/h2-3,5,7,9H,4,6,8H2,1H3,(H,12,13)/b3-2+. The summed E-state index contributed by atoms with van der Waals surface area (Å²) in [4.78, 5) is 11.3. The Morgan fingerprint density at radius 1 is 1.64 bits per heavy atom. The van der Waals surface area contributed by atoms with Crippen LogP contribution in [0.15, 0.2) is 29.0 Å². The Morgan fingerprint density at radius 3 is 3.14 bits per heavy atom. The fourth-order valence-electron chi connectivity index (χ4n) is 1.10. The first-order valence-corrected chi connectivity index (χ1v) is 5.66. The lowest BCUT2D eigenvalue weighted by Crippen LogP contribution is -2.25. The number of rotatable bonds is 5. The van der Waals surface area contributed by atoms with E-state index >= 15 is 0 Å². The van der Waals surface area contributed by atoms with Crippen LogP contribution in [-0.2, 0) is 11.2 Å². The first-order chi connectivity index (χ1) is 6.83. The quantitative estimate of drug-likeness (QED) is 0.585. The van der Waals surface area contributed by atoms with E-state index in [1.165, 1.54) is 0 Å². The first-order valence-electron chi connectivity index (χ1n) is 4.72. The zero-order valence-electron chi connectivity index (χ0n) is 8.32. The van der Waals surface area contributed by atoms with Gasteiger partial charge in [0.05, 0.1) is 6.42 Å². The number of carbonyl (C=O) groups is 1. The average Bonchev–Trinajstić information content (AvgIpc) is 2.65. The van der Waals surface area contributed by atoms with Gasteiger partial charge in [-0.25, -0.2) is 0 Å². The lowest BCUT2D eigenvalue weighted by molar-refractivity contribution is -0.120. The normalized spacial score (nSPS) is 10.6. The largest absolute Gasteiger partial charge is 0.356 e. The summed E-state index contributed by atoms with van der Waals surface area (Å²) in [6.07, 6.45) is 5.45. The summed E-state index contributed by atoms with van der Waals surface area (Å²) >= 11 is 1.62. The van der Waals surface area contributed by atoms with E-state index in [1.807, 2.05) is 35.9 Å². The van der Waals surface area contributed by atoms with Gasteiger partial charge < -0.3 is 5.32 Å². The van der Waals surface area contributed by atoms with Crippen molar-refractivity contribution in [3.8, 4) is 0 Å². The fourth-order valence-corrected chi connectivity index (χ4v) is 1.77. The Morgan fingerprint density at radius 2 is 2.50 bits per heavy atom. The molecule has 0 aromatic carbocycles.